The van der Waals surface area contributed by atoms with Crippen molar-refractivity contribution in [3.8, 4) is 0 Å². The van der Waals surface area contributed by atoms with Gasteiger partial charge in [0.05, 0.1) is 6.54 Å². The molecule has 0 unspecified atom stereocenters. The molecule has 0 aliphatic carbocycles. The first kappa shape index (κ1) is 15.4. The van der Waals surface area contributed by atoms with E-state index in [1.54, 1.807) is 0 Å². The molecular formula is C12H19N3O3S. The Morgan fingerprint density at radius 3 is 2.63 bits per heavy atom. The highest BCUT2D eigenvalue weighted by molar-refractivity contribution is 7.09. The van der Waals surface area contributed by atoms with E-state index in [2.05, 4.69) is 36.4 Å². The molecular weight excluding hydrogens is 266 g/mol. The van der Waals surface area contributed by atoms with Gasteiger partial charge in [0, 0.05) is 11.9 Å². The van der Waals surface area contributed by atoms with Crippen LogP contribution in [-0.4, -0.2) is 28.6 Å². The van der Waals surface area contributed by atoms with E-state index >= 15 is 0 Å². The molecule has 2 amide bonds. The van der Waals surface area contributed by atoms with Gasteiger partial charge in [0.2, 0.25) is 0 Å². The van der Waals surface area contributed by atoms with Gasteiger partial charge in [0.15, 0.2) is 5.69 Å². The van der Waals surface area contributed by atoms with Crippen LogP contribution in [0.15, 0.2) is 5.38 Å². The third-order valence-corrected chi connectivity index (χ3v) is 3.70. The predicted octanol–water partition coefficient (Wildman–Crippen LogP) is 2.08. The molecule has 106 valence electrons. The van der Waals surface area contributed by atoms with E-state index in [0.717, 1.165) is 6.42 Å². The third-order valence-electron chi connectivity index (χ3n) is 2.86. The molecule has 7 heteroatoms. The van der Waals surface area contributed by atoms with Crippen LogP contribution < -0.4 is 10.6 Å². The molecule has 1 aromatic rings. The second-order valence-electron chi connectivity index (χ2n) is 4.99. The van der Waals surface area contributed by atoms with E-state index in [1.165, 1.54) is 16.7 Å². The van der Waals surface area contributed by atoms with Gasteiger partial charge in [-0.3, -0.25) is 0 Å². The van der Waals surface area contributed by atoms with E-state index < -0.39 is 5.97 Å². The predicted molar refractivity (Wildman–Crippen MR) is 73.4 cm³/mol. The highest BCUT2D eigenvalue weighted by Crippen LogP contribution is 2.17. The van der Waals surface area contributed by atoms with Gasteiger partial charge in [-0.15, -0.1) is 11.3 Å². The maximum absolute atomic E-state index is 11.6. The minimum atomic E-state index is -1.06. The summed E-state index contributed by atoms with van der Waals surface area (Å²) in [7, 11) is 0. The number of aromatic nitrogens is 1. The number of amides is 2. The molecule has 0 atom stereocenters. The molecule has 0 aliphatic heterocycles. The van der Waals surface area contributed by atoms with Crippen LogP contribution in [0.1, 0.15) is 42.7 Å². The molecule has 3 N–H and O–H groups in total. The molecule has 0 aromatic carbocycles. The lowest BCUT2D eigenvalue weighted by Crippen LogP contribution is -2.40. The van der Waals surface area contributed by atoms with Crippen molar-refractivity contribution in [1.29, 1.82) is 0 Å². The molecule has 1 heterocycles. The molecule has 1 rings (SSSR count). The lowest BCUT2D eigenvalue weighted by Gasteiger charge is -2.22. The molecule has 0 fully saturated rings. The highest BCUT2D eigenvalue weighted by atomic mass is 32.1. The number of hydrogen-bond acceptors (Lipinski definition) is 4. The summed E-state index contributed by atoms with van der Waals surface area (Å²) in [4.78, 5) is 26.1. The Bertz CT molecular complexity index is 457. The lowest BCUT2D eigenvalue weighted by atomic mass is 9.90. The Balaban J connectivity index is 2.35. The zero-order chi connectivity index (χ0) is 14.5. The monoisotopic (exact) mass is 285 g/mol. The molecule has 0 spiro atoms. The molecule has 19 heavy (non-hydrogen) atoms. The lowest BCUT2D eigenvalue weighted by molar-refractivity contribution is 0.0691. The molecule has 0 bridgehead atoms. The van der Waals surface area contributed by atoms with E-state index in [1.807, 2.05) is 0 Å². The van der Waals surface area contributed by atoms with Gasteiger partial charge in [0.25, 0.3) is 0 Å². The molecule has 0 aliphatic rings. The first-order chi connectivity index (χ1) is 8.84. The summed E-state index contributed by atoms with van der Waals surface area (Å²) >= 11 is 1.21. The van der Waals surface area contributed by atoms with Crippen molar-refractivity contribution in [3.05, 3.63) is 16.1 Å². The van der Waals surface area contributed by atoms with Gasteiger partial charge < -0.3 is 15.7 Å². The highest BCUT2D eigenvalue weighted by Gasteiger charge is 2.16. The van der Waals surface area contributed by atoms with Crippen LogP contribution in [0.3, 0.4) is 0 Å². The number of hydrogen-bond donors (Lipinski definition) is 3. The summed E-state index contributed by atoms with van der Waals surface area (Å²) in [5, 5.41) is 16.2. The van der Waals surface area contributed by atoms with Gasteiger partial charge in [-0.05, 0) is 11.8 Å². The van der Waals surface area contributed by atoms with Crippen LogP contribution in [0, 0.1) is 5.41 Å². The number of urea groups is 1. The summed E-state index contributed by atoms with van der Waals surface area (Å²) < 4.78 is 0. The van der Waals surface area contributed by atoms with Crippen LogP contribution in [-0.2, 0) is 6.54 Å². The Morgan fingerprint density at radius 1 is 1.42 bits per heavy atom. The average molecular weight is 285 g/mol. The molecule has 1 aromatic heterocycles. The fourth-order valence-corrected chi connectivity index (χ4v) is 1.86. The number of aromatic carboxylic acids is 1. The van der Waals surface area contributed by atoms with Crippen LogP contribution in [0.5, 0.6) is 0 Å². The number of nitrogens with zero attached hydrogens (tertiary/aromatic N) is 1. The maximum Gasteiger partial charge on any atom is 0.355 e. The average Bonchev–Trinajstić information content (AvgIpc) is 2.83. The Labute approximate surface area is 116 Å². The van der Waals surface area contributed by atoms with E-state index in [4.69, 9.17) is 5.11 Å². The van der Waals surface area contributed by atoms with Crippen LogP contribution in [0.25, 0.3) is 0 Å². The third kappa shape index (κ3) is 5.25. The van der Waals surface area contributed by atoms with Gasteiger partial charge in [-0.2, -0.15) is 0 Å². The van der Waals surface area contributed by atoms with Crippen LogP contribution in [0.4, 0.5) is 4.79 Å². The fourth-order valence-electron chi connectivity index (χ4n) is 1.15. The van der Waals surface area contributed by atoms with E-state index in [9.17, 15) is 9.59 Å². The Hall–Kier alpha value is -1.63. The molecule has 0 radical (unpaired) electrons. The number of carboxylic acid groups (broad SMARTS) is 1. The standard InChI is InChI=1S/C12H19N3O3S/c1-4-12(2,3)7-14-11(18)13-5-9-15-8(6-19-9)10(16)17/h6H,4-5,7H2,1-3H3,(H,16,17)(H2,13,14,18). The van der Waals surface area contributed by atoms with Crippen LogP contribution >= 0.6 is 11.3 Å². The van der Waals surface area contributed by atoms with E-state index in [-0.39, 0.29) is 23.7 Å². The summed E-state index contributed by atoms with van der Waals surface area (Å²) in [5.41, 5.74) is 0.0731. The summed E-state index contributed by atoms with van der Waals surface area (Å²) in [5.74, 6) is -1.06. The number of thiazole rings is 1. The van der Waals surface area contributed by atoms with Gasteiger partial charge >= 0.3 is 12.0 Å². The zero-order valence-electron chi connectivity index (χ0n) is 11.3. The number of rotatable bonds is 6. The first-order valence-corrected chi connectivity index (χ1v) is 6.91. The van der Waals surface area contributed by atoms with Crippen LogP contribution in [0.2, 0.25) is 0 Å². The molecule has 6 nitrogen and oxygen atoms in total. The Morgan fingerprint density at radius 2 is 2.11 bits per heavy atom. The van der Waals surface area contributed by atoms with Crippen molar-refractivity contribution in [2.24, 2.45) is 5.41 Å². The zero-order valence-corrected chi connectivity index (χ0v) is 12.1. The topological polar surface area (TPSA) is 91.3 Å². The van der Waals surface area contributed by atoms with Crippen molar-refractivity contribution in [2.45, 2.75) is 33.7 Å². The van der Waals surface area contributed by atoms with Crippen molar-refractivity contribution < 1.29 is 14.7 Å². The number of carbonyl (C=O) groups is 2. The maximum atomic E-state index is 11.6. The molecule has 0 saturated heterocycles. The number of nitrogens with one attached hydrogen (secondary N) is 2. The minimum Gasteiger partial charge on any atom is -0.476 e. The van der Waals surface area contributed by atoms with Gasteiger partial charge in [0.1, 0.15) is 5.01 Å². The summed E-state index contributed by atoms with van der Waals surface area (Å²) in [6.07, 6.45) is 0.974. The first-order valence-electron chi connectivity index (χ1n) is 6.03. The smallest absolute Gasteiger partial charge is 0.355 e. The van der Waals surface area contributed by atoms with Gasteiger partial charge in [-0.25, -0.2) is 14.6 Å². The number of carbonyl (C=O) groups excluding carboxylic acids is 1. The summed E-state index contributed by atoms with van der Waals surface area (Å²) in [6, 6.07) is -0.270. The van der Waals surface area contributed by atoms with Crippen molar-refractivity contribution in [2.75, 3.05) is 6.54 Å². The minimum absolute atomic E-state index is 0.00863. The van der Waals surface area contributed by atoms with Crippen molar-refractivity contribution >= 4 is 23.3 Å². The fraction of sp³-hybridized carbons (Fsp3) is 0.583. The van der Waals surface area contributed by atoms with Crippen molar-refractivity contribution in [1.82, 2.24) is 15.6 Å². The normalized spacial score (nSPS) is 11.1. The SMILES string of the molecule is CCC(C)(C)CNC(=O)NCc1nc(C(=O)O)cs1. The second kappa shape index (κ2) is 6.51. The van der Waals surface area contributed by atoms with E-state index in [0.29, 0.717) is 11.6 Å². The second-order valence-corrected chi connectivity index (χ2v) is 5.93. The quantitative estimate of drug-likeness (QED) is 0.746. The Kier molecular flexibility index (Phi) is 5.29. The van der Waals surface area contributed by atoms with Gasteiger partial charge in [-0.1, -0.05) is 20.8 Å². The largest absolute Gasteiger partial charge is 0.476 e. The number of carboxylic acids is 1. The molecule has 0 saturated carbocycles. The van der Waals surface area contributed by atoms with Crippen molar-refractivity contribution in [3.63, 3.8) is 0 Å². The summed E-state index contributed by atoms with van der Waals surface area (Å²) in [6.45, 7) is 7.05.